The van der Waals surface area contributed by atoms with E-state index in [4.69, 9.17) is 44.5 Å². The molecule has 0 spiro atoms. The molecule has 0 fully saturated rings. The maximum Gasteiger partial charge on any atom is 0.213 e. The standard InChI is InChI=1S/C20H23Cl3N4O/c1-28-18-6-5-16-20(26-18)19(15-4-3-14(23)13-17(15)25-16)24-9-2-10-27(11-7-21)12-8-22/h3-6,13H,2,7-12H2,1H3,(H,24,25). The summed E-state index contributed by atoms with van der Waals surface area (Å²) >= 11 is 17.9. The predicted octanol–water partition coefficient (Wildman–Crippen LogP) is 5.03. The Morgan fingerprint density at radius 2 is 1.79 bits per heavy atom. The number of fused-ring (bicyclic) bond motifs is 2. The van der Waals surface area contributed by atoms with Gasteiger partial charge in [0, 0.05) is 47.9 Å². The Balaban J connectivity index is 1.86. The third-order valence-electron chi connectivity index (χ3n) is 4.52. The van der Waals surface area contributed by atoms with Crippen LogP contribution in [0.25, 0.3) is 21.9 Å². The van der Waals surface area contributed by atoms with Crippen molar-refractivity contribution in [3.8, 4) is 5.88 Å². The van der Waals surface area contributed by atoms with Gasteiger partial charge < -0.3 is 15.0 Å². The number of aromatic nitrogens is 2. The van der Waals surface area contributed by atoms with Crippen LogP contribution < -0.4 is 10.1 Å². The van der Waals surface area contributed by atoms with Gasteiger partial charge in [0.25, 0.3) is 0 Å². The Morgan fingerprint density at radius 1 is 1.00 bits per heavy atom. The van der Waals surface area contributed by atoms with Gasteiger partial charge in [0.2, 0.25) is 5.88 Å². The molecular formula is C20H23Cl3N4O. The first kappa shape index (κ1) is 21.2. The minimum absolute atomic E-state index is 0.557. The number of nitrogens with one attached hydrogen (secondary N) is 1. The van der Waals surface area contributed by atoms with Crippen LogP contribution in [0.1, 0.15) is 6.42 Å². The summed E-state index contributed by atoms with van der Waals surface area (Å²) in [6.07, 6.45) is 0.955. The monoisotopic (exact) mass is 440 g/mol. The van der Waals surface area contributed by atoms with Crippen molar-refractivity contribution >= 4 is 62.4 Å². The summed E-state index contributed by atoms with van der Waals surface area (Å²) in [5.74, 6) is 1.77. The number of pyridine rings is 2. The van der Waals surface area contributed by atoms with Gasteiger partial charge in [0.1, 0.15) is 5.52 Å². The zero-order valence-electron chi connectivity index (χ0n) is 15.7. The minimum Gasteiger partial charge on any atom is -0.481 e. The number of ether oxygens (including phenoxy) is 1. The highest BCUT2D eigenvalue weighted by Gasteiger charge is 2.12. The molecule has 2 heterocycles. The zero-order chi connectivity index (χ0) is 19.9. The van der Waals surface area contributed by atoms with Crippen molar-refractivity contribution in [2.24, 2.45) is 0 Å². The number of hydrogen-bond acceptors (Lipinski definition) is 5. The molecule has 0 bridgehead atoms. The van der Waals surface area contributed by atoms with Crippen LogP contribution in [0, 0.1) is 0 Å². The molecule has 0 radical (unpaired) electrons. The Labute approximate surface area is 179 Å². The van der Waals surface area contributed by atoms with E-state index in [9.17, 15) is 0 Å². The second-order valence-electron chi connectivity index (χ2n) is 6.37. The molecule has 3 rings (SSSR count). The van der Waals surface area contributed by atoms with Crippen molar-refractivity contribution in [1.82, 2.24) is 14.9 Å². The first-order valence-corrected chi connectivity index (χ1v) is 10.6. The van der Waals surface area contributed by atoms with Crippen LogP contribution in [0.2, 0.25) is 5.02 Å². The van der Waals surface area contributed by atoms with E-state index in [0.29, 0.717) is 22.7 Å². The smallest absolute Gasteiger partial charge is 0.213 e. The molecule has 8 heteroatoms. The fourth-order valence-corrected chi connectivity index (χ4v) is 3.80. The summed E-state index contributed by atoms with van der Waals surface area (Å²) in [7, 11) is 1.61. The molecule has 0 aliphatic heterocycles. The number of anilines is 1. The summed E-state index contributed by atoms with van der Waals surface area (Å²) in [5.41, 5.74) is 3.36. The molecule has 0 aliphatic carbocycles. The fraction of sp³-hybridized carbons (Fsp3) is 0.400. The Hall–Kier alpha value is -1.53. The lowest BCUT2D eigenvalue weighted by Crippen LogP contribution is -2.30. The molecule has 3 aromatic rings. The maximum atomic E-state index is 6.17. The number of methoxy groups -OCH3 is 1. The van der Waals surface area contributed by atoms with Crippen LogP contribution in [0.3, 0.4) is 0 Å². The molecular weight excluding hydrogens is 419 g/mol. The van der Waals surface area contributed by atoms with Crippen LogP contribution in [0.15, 0.2) is 30.3 Å². The summed E-state index contributed by atoms with van der Waals surface area (Å²) in [4.78, 5) is 11.6. The zero-order valence-corrected chi connectivity index (χ0v) is 18.0. The molecule has 0 amide bonds. The van der Waals surface area contributed by atoms with Crippen LogP contribution in [-0.4, -0.2) is 59.9 Å². The van der Waals surface area contributed by atoms with Gasteiger partial charge in [-0.05, 0) is 37.2 Å². The van der Waals surface area contributed by atoms with E-state index in [1.54, 1.807) is 7.11 Å². The van der Waals surface area contributed by atoms with E-state index in [1.165, 1.54) is 0 Å². The lowest BCUT2D eigenvalue weighted by molar-refractivity contribution is 0.306. The number of halogens is 3. The van der Waals surface area contributed by atoms with Gasteiger partial charge in [-0.3, -0.25) is 0 Å². The molecule has 0 saturated heterocycles. The van der Waals surface area contributed by atoms with Crippen LogP contribution >= 0.6 is 34.8 Å². The molecule has 0 saturated carbocycles. The van der Waals surface area contributed by atoms with Crippen molar-refractivity contribution in [3.63, 3.8) is 0 Å². The van der Waals surface area contributed by atoms with Gasteiger partial charge in [-0.2, -0.15) is 0 Å². The van der Waals surface area contributed by atoms with Crippen molar-refractivity contribution < 1.29 is 4.74 Å². The fourth-order valence-electron chi connectivity index (χ4n) is 3.16. The van der Waals surface area contributed by atoms with Gasteiger partial charge in [-0.1, -0.05) is 11.6 Å². The summed E-state index contributed by atoms with van der Waals surface area (Å²) in [6.45, 7) is 3.39. The van der Waals surface area contributed by atoms with E-state index >= 15 is 0 Å². The molecule has 28 heavy (non-hydrogen) atoms. The van der Waals surface area contributed by atoms with Gasteiger partial charge in [0.05, 0.1) is 23.8 Å². The number of nitrogens with zero attached hydrogens (tertiary/aromatic N) is 3. The van der Waals surface area contributed by atoms with Crippen molar-refractivity contribution in [3.05, 3.63) is 35.4 Å². The minimum atomic E-state index is 0.557. The second-order valence-corrected chi connectivity index (χ2v) is 7.56. The molecule has 1 aromatic carbocycles. The highest BCUT2D eigenvalue weighted by Crippen LogP contribution is 2.32. The molecule has 2 aromatic heterocycles. The first-order chi connectivity index (χ1) is 13.7. The van der Waals surface area contributed by atoms with Crippen molar-refractivity contribution in [2.75, 3.05) is 50.4 Å². The summed E-state index contributed by atoms with van der Waals surface area (Å²) in [6, 6.07) is 9.43. The number of hydrogen-bond donors (Lipinski definition) is 1. The van der Waals surface area contributed by atoms with Gasteiger partial charge in [-0.15, -0.1) is 23.2 Å². The predicted molar refractivity (Wildman–Crippen MR) is 120 cm³/mol. The van der Waals surface area contributed by atoms with Gasteiger partial charge in [-0.25, -0.2) is 9.97 Å². The first-order valence-electron chi connectivity index (χ1n) is 9.18. The lowest BCUT2D eigenvalue weighted by atomic mass is 10.1. The molecule has 0 unspecified atom stereocenters. The van der Waals surface area contributed by atoms with E-state index in [-0.39, 0.29) is 0 Å². The van der Waals surface area contributed by atoms with E-state index in [0.717, 1.165) is 60.2 Å². The van der Waals surface area contributed by atoms with Gasteiger partial charge in [0.15, 0.2) is 0 Å². The van der Waals surface area contributed by atoms with Crippen molar-refractivity contribution in [2.45, 2.75) is 6.42 Å². The number of alkyl halides is 2. The molecule has 0 aliphatic rings. The van der Waals surface area contributed by atoms with Gasteiger partial charge >= 0.3 is 0 Å². The largest absolute Gasteiger partial charge is 0.481 e. The maximum absolute atomic E-state index is 6.17. The Morgan fingerprint density at radius 3 is 2.50 bits per heavy atom. The second kappa shape index (κ2) is 10.3. The van der Waals surface area contributed by atoms with Crippen LogP contribution in [-0.2, 0) is 0 Å². The Kier molecular flexibility index (Phi) is 7.80. The molecule has 0 atom stereocenters. The quantitative estimate of drug-likeness (QED) is 0.272. The lowest BCUT2D eigenvalue weighted by Gasteiger charge is -2.20. The Bertz CT molecular complexity index is 932. The average Bonchev–Trinajstić information content (AvgIpc) is 2.70. The van der Waals surface area contributed by atoms with E-state index in [1.807, 2.05) is 30.3 Å². The summed E-state index contributed by atoms with van der Waals surface area (Å²) < 4.78 is 5.30. The normalized spacial score (nSPS) is 11.5. The molecule has 1 N–H and O–H groups in total. The SMILES string of the molecule is COc1ccc2nc3cc(Cl)ccc3c(NCCCN(CCCl)CCCl)c2n1. The van der Waals surface area contributed by atoms with E-state index in [2.05, 4.69) is 15.2 Å². The molecule has 150 valence electrons. The summed E-state index contributed by atoms with van der Waals surface area (Å²) in [5, 5.41) is 5.19. The number of rotatable bonds is 10. The third kappa shape index (κ3) is 5.09. The van der Waals surface area contributed by atoms with Crippen molar-refractivity contribution in [1.29, 1.82) is 0 Å². The highest BCUT2D eigenvalue weighted by atomic mass is 35.5. The molecule has 5 nitrogen and oxygen atoms in total. The number of benzene rings is 1. The van der Waals surface area contributed by atoms with Crippen LogP contribution in [0.5, 0.6) is 5.88 Å². The average molecular weight is 442 g/mol. The highest BCUT2D eigenvalue weighted by molar-refractivity contribution is 6.31. The van der Waals surface area contributed by atoms with Crippen LogP contribution in [0.4, 0.5) is 5.69 Å². The van der Waals surface area contributed by atoms with E-state index < -0.39 is 0 Å². The third-order valence-corrected chi connectivity index (χ3v) is 5.09. The topological polar surface area (TPSA) is 50.3 Å².